The fourth-order valence-corrected chi connectivity index (χ4v) is 1.31. The third-order valence-electron chi connectivity index (χ3n) is 1.97. The molecule has 2 rings (SSSR count). The van der Waals surface area contributed by atoms with E-state index >= 15 is 0 Å². The first-order valence-electron chi connectivity index (χ1n) is 3.96. The van der Waals surface area contributed by atoms with Crippen LogP contribution < -0.4 is 4.73 Å². The molecule has 0 radical (unpaired) electrons. The summed E-state index contributed by atoms with van der Waals surface area (Å²) in [5.41, 5.74) is 0.557. The SMILES string of the molecule is O=[N+]([O-])c1ccc2c(ccc[n+]2O)c1. The second-order valence-electron chi connectivity index (χ2n) is 2.85. The van der Waals surface area contributed by atoms with Gasteiger partial charge < -0.3 is 0 Å². The van der Waals surface area contributed by atoms with Crippen molar-refractivity contribution in [3.05, 3.63) is 46.6 Å². The molecule has 0 atom stereocenters. The molecule has 0 bridgehead atoms. The molecule has 0 fully saturated rings. The largest absolute Gasteiger partial charge is 0.285 e. The van der Waals surface area contributed by atoms with Gasteiger partial charge in [-0.15, -0.1) is 0 Å². The van der Waals surface area contributed by atoms with Gasteiger partial charge in [-0.3, -0.25) is 15.3 Å². The van der Waals surface area contributed by atoms with Gasteiger partial charge >= 0.3 is 0 Å². The van der Waals surface area contributed by atoms with E-state index in [9.17, 15) is 15.3 Å². The molecule has 14 heavy (non-hydrogen) atoms. The number of nitrogens with zero attached hydrogens (tertiary/aromatic N) is 2. The molecular formula is C9H7N2O3+. The lowest BCUT2D eigenvalue weighted by Gasteiger charge is -1.93. The maximum atomic E-state index is 10.5. The number of nitro benzene ring substituents is 1. The Morgan fingerprint density at radius 1 is 1.36 bits per heavy atom. The van der Waals surface area contributed by atoms with Crippen molar-refractivity contribution in [2.75, 3.05) is 0 Å². The van der Waals surface area contributed by atoms with Crippen LogP contribution in [-0.2, 0) is 0 Å². The van der Waals surface area contributed by atoms with Gasteiger partial charge in [0.1, 0.15) is 0 Å². The molecule has 0 saturated heterocycles. The van der Waals surface area contributed by atoms with Crippen LogP contribution in [0.3, 0.4) is 0 Å². The van der Waals surface area contributed by atoms with Crippen molar-refractivity contribution in [1.82, 2.24) is 0 Å². The normalized spacial score (nSPS) is 10.3. The summed E-state index contributed by atoms with van der Waals surface area (Å²) in [7, 11) is 0. The maximum absolute atomic E-state index is 10.5. The molecular weight excluding hydrogens is 184 g/mol. The van der Waals surface area contributed by atoms with E-state index in [1.807, 2.05) is 0 Å². The van der Waals surface area contributed by atoms with Crippen LogP contribution in [0.1, 0.15) is 0 Å². The van der Waals surface area contributed by atoms with Gasteiger partial charge in [0.2, 0.25) is 6.20 Å². The highest BCUT2D eigenvalue weighted by molar-refractivity contribution is 5.77. The fraction of sp³-hybridized carbons (Fsp3) is 0. The molecule has 0 unspecified atom stereocenters. The molecule has 1 N–H and O–H groups in total. The number of fused-ring (bicyclic) bond motifs is 1. The van der Waals surface area contributed by atoms with E-state index in [-0.39, 0.29) is 5.69 Å². The second-order valence-corrected chi connectivity index (χ2v) is 2.85. The Balaban J connectivity index is 2.73. The summed E-state index contributed by atoms with van der Waals surface area (Å²) in [5.74, 6) is 0. The van der Waals surface area contributed by atoms with E-state index in [4.69, 9.17) is 0 Å². The summed E-state index contributed by atoms with van der Waals surface area (Å²) in [6, 6.07) is 7.60. The zero-order chi connectivity index (χ0) is 10.1. The molecule has 0 aliphatic carbocycles. The molecule has 1 aromatic carbocycles. The van der Waals surface area contributed by atoms with Crippen molar-refractivity contribution in [3.8, 4) is 0 Å². The van der Waals surface area contributed by atoms with Crippen molar-refractivity contribution in [2.45, 2.75) is 0 Å². The summed E-state index contributed by atoms with van der Waals surface area (Å²) < 4.78 is 0.930. The van der Waals surface area contributed by atoms with E-state index in [0.717, 1.165) is 4.73 Å². The molecule has 0 aliphatic rings. The summed E-state index contributed by atoms with van der Waals surface area (Å²) in [4.78, 5) is 10.0. The Bertz CT molecular complexity index is 510. The molecule has 0 saturated carbocycles. The van der Waals surface area contributed by atoms with Crippen LogP contribution >= 0.6 is 0 Å². The van der Waals surface area contributed by atoms with Crippen molar-refractivity contribution in [3.63, 3.8) is 0 Å². The van der Waals surface area contributed by atoms with E-state index in [1.54, 1.807) is 12.1 Å². The lowest BCUT2D eigenvalue weighted by Crippen LogP contribution is -2.29. The van der Waals surface area contributed by atoms with Gasteiger partial charge in [0.15, 0.2) is 0 Å². The first-order valence-corrected chi connectivity index (χ1v) is 3.96. The number of aromatic nitrogens is 1. The number of nitro groups is 1. The Morgan fingerprint density at radius 3 is 2.86 bits per heavy atom. The minimum Gasteiger partial charge on any atom is -0.285 e. The van der Waals surface area contributed by atoms with Gasteiger partial charge in [0.05, 0.1) is 10.3 Å². The number of rotatable bonds is 1. The maximum Gasteiger partial charge on any atom is 0.270 e. The number of non-ortho nitro benzene ring substituents is 1. The van der Waals surface area contributed by atoms with E-state index < -0.39 is 4.92 Å². The Kier molecular flexibility index (Phi) is 1.78. The highest BCUT2D eigenvalue weighted by Crippen LogP contribution is 2.17. The first kappa shape index (κ1) is 8.43. The summed E-state index contributed by atoms with van der Waals surface area (Å²) >= 11 is 0. The average molecular weight is 191 g/mol. The molecule has 0 spiro atoms. The average Bonchev–Trinajstić information content (AvgIpc) is 2.17. The van der Waals surface area contributed by atoms with Gasteiger partial charge in [-0.05, 0) is 6.07 Å². The van der Waals surface area contributed by atoms with Crippen molar-refractivity contribution in [2.24, 2.45) is 0 Å². The molecule has 0 amide bonds. The van der Waals surface area contributed by atoms with Crippen LogP contribution in [-0.4, -0.2) is 10.1 Å². The van der Waals surface area contributed by atoms with Crippen LogP contribution in [0, 0.1) is 10.1 Å². The lowest BCUT2D eigenvalue weighted by molar-refractivity contribution is -0.884. The Labute approximate surface area is 78.9 Å². The highest BCUT2D eigenvalue weighted by atomic mass is 16.6. The van der Waals surface area contributed by atoms with Crippen LogP contribution in [0.25, 0.3) is 10.9 Å². The van der Waals surface area contributed by atoms with Crippen LogP contribution in [0.5, 0.6) is 0 Å². The van der Waals surface area contributed by atoms with Crippen LogP contribution in [0.2, 0.25) is 0 Å². The molecule has 0 aliphatic heterocycles. The van der Waals surface area contributed by atoms with Gasteiger partial charge in [-0.2, -0.15) is 0 Å². The smallest absolute Gasteiger partial charge is 0.270 e. The lowest BCUT2D eigenvalue weighted by atomic mass is 10.2. The zero-order valence-corrected chi connectivity index (χ0v) is 7.12. The van der Waals surface area contributed by atoms with Gasteiger partial charge in [0.25, 0.3) is 11.2 Å². The minimum atomic E-state index is -0.464. The molecule has 70 valence electrons. The standard InChI is InChI=1S/C9H7N2O3/c12-10-5-1-2-7-6-8(11(13)14)3-4-9(7)10/h1-6,12H/q+1. The Morgan fingerprint density at radius 2 is 2.14 bits per heavy atom. The molecule has 5 nitrogen and oxygen atoms in total. The summed E-state index contributed by atoms with van der Waals surface area (Å²) in [5, 5.41) is 20.4. The third-order valence-corrected chi connectivity index (χ3v) is 1.97. The van der Waals surface area contributed by atoms with E-state index in [0.29, 0.717) is 10.9 Å². The number of benzene rings is 1. The predicted molar refractivity (Wildman–Crippen MR) is 48.0 cm³/mol. The Hall–Kier alpha value is -2.17. The van der Waals surface area contributed by atoms with Gasteiger partial charge in [0, 0.05) is 29.0 Å². The van der Waals surface area contributed by atoms with Crippen molar-refractivity contribution in [1.29, 1.82) is 0 Å². The van der Waals surface area contributed by atoms with E-state index in [2.05, 4.69) is 0 Å². The van der Waals surface area contributed by atoms with Gasteiger partial charge in [-0.25, -0.2) is 0 Å². The van der Waals surface area contributed by atoms with Crippen molar-refractivity contribution < 1.29 is 14.9 Å². The van der Waals surface area contributed by atoms with Crippen LogP contribution in [0.4, 0.5) is 5.69 Å². The topological polar surface area (TPSA) is 67.2 Å². The summed E-state index contributed by atoms with van der Waals surface area (Å²) in [6.45, 7) is 0. The number of hydrogen-bond acceptors (Lipinski definition) is 3. The monoisotopic (exact) mass is 191 g/mol. The number of pyridine rings is 1. The minimum absolute atomic E-state index is 0.0173. The zero-order valence-electron chi connectivity index (χ0n) is 7.12. The molecule has 5 heteroatoms. The molecule has 1 heterocycles. The highest BCUT2D eigenvalue weighted by Gasteiger charge is 2.11. The van der Waals surface area contributed by atoms with Crippen LogP contribution in [0.15, 0.2) is 36.5 Å². The predicted octanol–water partition coefficient (Wildman–Crippen LogP) is 1.27. The van der Waals surface area contributed by atoms with E-state index in [1.165, 1.54) is 24.4 Å². The fourth-order valence-electron chi connectivity index (χ4n) is 1.31. The van der Waals surface area contributed by atoms with Gasteiger partial charge in [-0.1, -0.05) is 0 Å². The quantitative estimate of drug-likeness (QED) is 0.319. The second kappa shape index (κ2) is 2.95. The number of hydrogen-bond donors (Lipinski definition) is 1. The molecule has 1 aromatic heterocycles. The summed E-state index contributed by atoms with van der Waals surface area (Å²) in [6.07, 6.45) is 1.47. The molecule has 2 aromatic rings. The van der Waals surface area contributed by atoms with Crippen molar-refractivity contribution >= 4 is 16.6 Å². The first-order chi connectivity index (χ1) is 6.68. The third kappa shape index (κ3) is 1.24.